The molecule has 5 nitrogen and oxygen atoms in total. The highest BCUT2D eigenvalue weighted by atomic mass is 16.2. The smallest absolute Gasteiger partial charge is 0.238 e. The third-order valence-electron chi connectivity index (χ3n) is 4.11. The van der Waals surface area contributed by atoms with Gasteiger partial charge in [0.15, 0.2) is 0 Å². The van der Waals surface area contributed by atoms with E-state index in [0.29, 0.717) is 11.4 Å². The quantitative estimate of drug-likeness (QED) is 0.740. The number of amides is 2. The van der Waals surface area contributed by atoms with Crippen molar-refractivity contribution in [2.24, 2.45) is 17.3 Å². The molecule has 1 saturated carbocycles. The lowest BCUT2D eigenvalue weighted by atomic mass is 10.0. The molecule has 2 unspecified atom stereocenters. The number of anilines is 1. The van der Waals surface area contributed by atoms with Gasteiger partial charge in [0.2, 0.25) is 11.8 Å². The predicted molar refractivity (Wildman–Crippen MR) is 61.3 cm³/mol. The van der Waals surface area contributed by atoms with Crippen LogP contribution in [0.25, 0.3) is 0 Å². The molecule has 5 heteroatoms. The van der Waals surface area contributed by atoms with Crippen molar-refractivity contribution in [3.05, 3.63) is 11.4 Å². The number of aryl methyl sites for hydroxylation is 2. The summed E-state index contributed by atoms with van der Waals surface area (Å²) in [6.07, 6.45) is 0. The number of H-pyrrole nitrogens is 1. The van der Waals surface area contributed by atoms with Crippen LogP contribution in [0.2, 0.25) is 0 Å². The van der Waals surface area contributed by atoms with Crippen molar-refractivity contribution in [3.63, 3.8) is 0 Å². The number of carbonyl (C=O) groups is 2. The maximum absolute atomic E-state index is 12.2. The fourth-order valence-corrected chi connectivity index (χ4v) is 3.04. The van der Waals surface area contributed by atoms with Crippen molar-refractivity contribution in [1.82, 2.24) is 10.2 Å². The Morgan fingerprint density at radius 1 is 1.18 bits per heavy atom. The maximum Gasteiger partial charge on any atom is 0.238 e. The molecule has 3 rings (SSSR count). The zero-order valence-electron chi connectivity index (χ0n) is 10.4. The number of rotatable bonds is 1. The topological polar surface area (TPSA) is 66.1 Å². The number of imide groups is 1. The van der Waals surface area contributed by atoms with Crippen LogP contribution in [0.1, 0.15) is 25.2 Å². The van der Waals surface area contributed by atoms with Gasteiger partial charge in [0.1, 0.15) is 0 Å². The summed E-state index contributed by atoms with van der Waals surface area (Å²) in [5, 5.41) is 6.84. The molecule has 1 aliphatic carbocycles. The van der Waals surface area contributed by atoms with E-state index in [-0.39, 0.29) is 29.1 Å². The van der Waals surface area contributed by atoms with Crippen LogP contribution in [0, 0.1) is 31.1 Å². The van der Waals surface area contributed by atoms with E-state index in [1.807, 2.05) is 20.8 Å². The zero-order valence-corrected chi connectivity index (χ0v) is 10.4. The molecule has 1 saturated heterocycles. The molecule has 1 aromatic rings. The first-order chi connectivity index (χ1) is 7.87. The van der Waals surface area contributed by atoms with Gasteiger partial charge in [0.05, 0.1) is 28.9 Å². The SMILES string of the molecule is Cc1n[nH]c(C)c1N1C(=O)C2C(C1=O)C2(C)C. The van der Waals surface area contributed by atoms with Crippen LogP contribution >= 0.6 is 0 Å². The van der Waals surface area contributed by atoms with Gasteiger partial charge in [-0.3, -0.25) is 14.7 Å². The molecule has 1 aromatic heterocycles. The Balaban J connectivity index is 2.04. The van der Waals surface area contributed by atoms with Gasteiger partial charge in [-0.05, 0) is 19.3 Å². The molecule has 2 amide bonds. The van der Waals surface area contributed by atoms with Gasteiger partial charge in [0, 0.05) is 0 Å². The molecule has 0 radical (unpaired) electrons. The van der Waals surface area contributed by atoms with Gasteiger partial charge >= 0.3 is 0 Å². The summed E-state index contributed by atoms with van der Waals surface area (Å²) in [4.78, 5) is 25.8. The van der Waals surface area contributed by atoms with Crippen molar-refractivity contribution < 1.29 is 9.59 Å². The summed E-state index contributed by atoms with van der Waals surface area (Å²) in [5.74, 6) is -0.414. The van der Waals surface area contributed by atoms with Crippen LogP contribution in [0.5, 0.6) is 0 Å². The van der Waals surface area contributed by atoms with Crippen molar-refractivity contribution in [2.45, 2.75) is 27.7 Å². The third kappa shape index (κ3) is 1.06. The van der Waals surface area contributed by atoms with Crippen molar-refractivity contribution in [2.75, 3.05) is 4.90 Å². The third-order valence-corrected chi connectivity index (χ3v) is 4.11. The van der Waals surface area contributed by atoms with Crippen LogP contribution in [-0.4, -0.2) is 22.0 Å². The standard InChI is InChI=1S/C12H15N3O2/c1-5-9(6(2)14-13-5)15-10(16)7-8(11(15)17)12(7,3)4/h7-8H,1-4H3,(H,13,14). The number of aromatic amines is 1. The number of carbonyl (C=O) groups excluding carboxylic acids is 2. The fraction of sp³-hybridized carbons (Fsp3) is 0.583. The second-order valence-electron chi connectivity index (χ2n) is 5.57. The van der Waals surface area contributed by atoms with E-state index in [9.17, 15) is 9.59 Å². The van der Waals surface area contributed by atoms with Crippen LogP contribution < -0.4 is 4.90 Å². The Morgan fingerprint density at radius 3 is 2.12 bits per heavy atom. The van der Waals surface area contributed by atoms with Gasteiger partial charge in [-0.2, -0.15) is 5.10 Å². The first kappa shape index (κ1) is 10.5. The van der Waals surface area contributed by atoms with Crippen LogP contribution in [-0.2, 0) is 9.59 Å². The van der Waals surface area contributed by atoms with Gasteiger partial charge < -0.3 is 0 Å². The number of nitrogens with zero attached hydrogens (tertiary/aromatic N) is 2. The van der Waals surface area contributed by atoms with E-state index < -0.39 is 0 Å². The highest BCUT2D eigenvalue weighted by molar-refractivity contribution is 6.26. The van der Waals surface area contributed by atoms with Gasteiger partial charge in [-0.25, -0.2) is 4.90 Å². The van der Waals surface area contributed by atoms with Gasteiger partial charge in [-0.1, -0.05) is 13.8 Å². The highest BCUT2D eigenvalue weighted by Crippen LogP contribution is 2.63. The van der Waals surface area contributed by atoms with Crippen molar-refractivity contribution in [1.29, 1.82) is 0 Å². The number of hydrogen-bond donors (Lipinski definition) is 1. The summed E-state index contributed by atoms with van der Waals surface area (Å²) in [6.45, 7) is 7.58. The van der Waals surface area contributed by atoms with Gasteiger partial charge in [0.25, 0.3) is 0 Å². The Kier molecular flexibility index (Phi) is 1.71. The van der Waals surface area contributed by atoms with E-state index in [4.69, 9.17) is 0 Å². The Bertz CT molecular complexity index is 500. The molecule has 2 aliphatic rings. The molecule has 0 bridgehead atoms. The maximum atomic E-state index is 12.2. The molecule has 90 valence electrons. The number of fused-ring (bicyclic) bond motifs is 1. The summed E-state index contributed by atoms with van der Waals surface area (Å²) in [5.41, 5.74) is 1.95. The Morgan fingerprint density at radius 2 is 1.71 bits per heavy atom. The summed E-state index contributed by atoms with van der Waals surface area (Å²) < 4.78 is 0. The average Bonchev–Trinajstić information content (AvgIpc) is 2.49. The first-order valence-corrected chi connectivity index (χ1v) is 5.76. The van der Waals surface area contributed by atoms with E-state index in [0.717, 1.165) is 5.69 Å². The van der Waals surface area contributed by atoms with E-state index >= 15 is 0 Å². The monoisotopic (exact) mass is 233 g/mol. The molecule has 2 fully saturated rings. The molecule has 0 aromatic carbocycles. The summed E-state index contributed by atoms with van der Waals surface area (Å²) in [6, 6.07) is 0. The molecule has 0 spiro atoms. The Hall–Kier alpha value is -1.65. The van der Waals surface area contributed by atoms with Crippen LogP contribution in [0.15, 0.2) is 0 Å². The van der Waals surface area contributed by atoms with Crippen molar-refractivity contribution >= 4 is 17.5 Å². The highest BCUT2D eigenvalue weighted by Gasteiger charge is 2.73. The van der Waals surface area contributed by atoms with E-state index in [1.54, 1.807) is 6.92 Å². The molecular formula is C12H15N3O2. The lowest BCUT2D eigenvalue weighted by Crippen LogP contribution is -2.36. The number of aromatic nitrogens is 2. The average molecular weight is 233 g/mol. The second kappa shape index (κ2) is 2.78. The molecule has 1 aliphatic heterocycles. The lowest BCUT2D eigenvalue weighted by molar-refractivity contribution is -0.125. The zero-order chi connectivity index (χ0) is 12.5. The minimum atomic E-state index is -0.157. The minimum absolute atomic E-state index is 0.0717. The van der Waals surface area contributed by atoms with Crippen LogP contribution in [0.3, 0.4) is 0 Å². The minimum Gasteiger partial charge on any atom is -0.280 e. The molecule has 1 N–H and O–H groups in total. The first-order valence-electron chi connectivity index (χ1n) is 5.76. The summed E-state index contributed by atoms with van der Waals surface area (Å²) in [7, 11) is 0. The van der Waals surface area contributed by atoms with Gasteiger partial charge in [-0.15, -0.1) is 0 Å². The predicted octanol–water partition coefficient (Wildman–Crippen LogP) is 1.17. The summed E-state index contributed by atoms with van der Waals surface area (Å²) >= 11 is 0. The molecular weight excluding hydrogens is 218 g/mol. The molecule has 2 heterocycles. The van der Waals surface area contributed by atoms with E-state index in [1.165, 1.54) is 4.90 Å². The molecule has 17 heavy (non-hydrogen) atoms. The molecule has 2 atom stereocenters. The lowest BCUT2D eigenvalue weighted by Gasteiger charge is -2.20. The largest absolute Gasteiger partial charge is 0.280 e. The van der Waals surface area contributed by atoms with Crippen molar-refractivity contribution in [3.8, 4) is 0 Å². The number of nitrogens with one attached hydrogen (secondary N) is 1. The number of hydrogen-bond acceptors (Lipinski definition) is 3. The number of piperidine rings is 1. The Labute approximate surface area is 99.2 Å². The van der Waals surface area contributed by atoms with E-state index in [2.05, 4.69) is 10.2 Å². The normalized spacial score (nSPS) is 29.8. The second-order valence-corrected chi connectivity index (χ2v) is 5.57. The van der Waals surface area contributed by atoms with Crippen LogP contribution in [0.4, 0.5) is 5.69 Å². The fourth-order valence-electron chi connectivity index (χ4n) is 3.04.